The van der Waals surface area contributed by atoms with Crippen molar-refractivity contribution in [1.29, 1.82) is 0 Å². The number of hydrogen-bond donors (Lipinski definition) is 1. The minimum Gasteiger partial charge on any atom is -0.496 e. The first-order chi connectivity index (χ1) is 11.8. The van der Waals surface area contributed by atoms with E-state index in [9.17, 15) is 9.59 Å². The molecule has 2 rings (SSSR count). The van der Waals surface area contributed by atoms with E-state index >= 15 is 0 Å². The number of para-hydroxylation sites is 1. The number of nitrogens with one attached hydrogen (secondary N) is 1. The highest BCUT2D eigenvalue weighted by Crippen LogP contribution is 2.30. The van der Waals surface area contributed by atoms with Gasteiger partial charge in [-0.1, -0.05) is 40.9 Å². The van der Waals surface area contributed by atoms with E-state index in [0.717, 1.165) is 0 Å². The molecule has 0 radical (unpaired) electrons. The summed E-state index contributed by atoms with van der Waals surface area (Å²) in [6, 6.07) is 9.32. The maximum Gasteiger partial charge on any atom is 0.342 e. The van der Waals surface area contributed by atoms with Gasteiger partial charge < -0.3 is 14.8 Å². The monoisotopic (exact) mass is 401 g/mol. The molecule has 8 heteroatoms. The molecule has 1 atom stereocenters. The van der Waals surface area contributed by atoms with Crippen LogP contribution in [-0.2, 0) is 9.53 Å². The van der Waals surface area contributed by atoms with Gasteiger partial charge in [-0.15, -0.1) is 0 Å². The van der Waals surface area contributed by atoms with Crippen LogP contribution >= 0.6 is 34.8 Å². The summed E-state index contributed by atoms with van der Waals surface area (Å²) in [5.74, 6) is -1.03. The standard InChI is InChI=1S/C17H14Cl3NO4/c1-9(16(22)21-15-12(19)4-3-5-13(15)20)25-17(23)11-8-10(18)6-7-14(11)24-2/h3-9H,1-2H3,(H,21,22)/t9-/m0/s1. The molecule has 0 bridgehead atoms. The number of carbonyl (C=O) groups is 2. The summed E-state index contributed by atoms with van der Waals surface area (Å²) in [4.78, 5) is 24.5. The molecule has 0 spiro atoms. The Kier molecular flexibility index (Phi) is 6.53. The van der Waals surface area contributed by atoms with E-state index in [2.05, 4.69) is 5.32 Å². The SMILES string of the molecule is COc1ccc(Cl)cc1C(=O)O[C@@H](C)C(=O)Nc1c(Cl)cccc1Cl. The summed E-state index contributed by atoms with van der Waals surface area (Å²) in [7, 11) is 1.41. The second-order valence-corrected chi connectivity index (χ2v) is 6.23. The lowest BCUT2D eigenvalue weighted by atomic mass is 10.2. The number of halogens is 3. The van der Waals surface area contributed by atoms with Crippen LogP contribution in [0.1, 0.15) is 17.3 Å². The van der Waals surface area contributed by atoms with Crippen molar-refractivity contribution in [2.75, 3.05) is 12.4 Å². The largest absolute Gasteiger partial charge is 0.496 e. The Bertz CT molecular complexity index is 790. The molecular formula is C17H14Cl3NO4. The molecule has 2 aromatic rings. The Morgan fingerprint density at radius 3 is 2.32 bits per heavy atom. The Hall–Kier alpha value is -1.95. The van der Waals surface area contributed by atoms with Crippen molar-refractivity contribution in [3.05, 3.63) is 57.0 Å². The first-order valence-corrected chi connectivity index (χ1v) is 8.26. The normalized spacial score (nSPS) is 11.6. The Morgan fingerprint density at radius 1 is 1.08 bits per heavy atom. The van der Waals surface area contributed by atoms with Crippen LogP contribution in [0, 0.1) is 0 Å². The van der Waals surface area contributed by atoms with Crippen LogP contribution in [0.5, 0.6) is 5.75 Å². The molecule has 0 aliphatic rings. The first-order valence-electron chi connectivity index (χ1n) is 7.13. The summed E-state index contributed by atoms with van der Waals surface area (Å²) in [6.45, 7) is 1.43. The summed E-state index contributed by atoms with van der Waals surface area (Å²) in [6.07, 6.45) is -1.09. The van der Waals surface area contributed by atoms with Gasteiger partial charge >= 0.3 is 5.97 Å². The third kappa shape index (κ3) is 4.78. The van der Waals surface area contributed by atoms with Gasteiger partial charge in [0.2, 0.25) is 0 Å². The van der Waals surface area contributed by atoms with Crippen LogP contribution in [0.25, 0.3) is 0 Å². The van der Waals surface area contributed by atoms with Crippen molar-refractivity contribution in [1.82, 2.24) is 0 Å². The van der Waals surface area contributed by atoms with Crippen LogP contribution in [-0.4, -0.2) is 25.1 Å². The van der Waals surface area contributed by atoms with Crippen molar-refractivity contribution in [3.8, 4) is 5.75 Å². The molecule has 0 unspecified atom stereocenters. The predicted octanol–water partition coefficient (Wildman–Crippen LogP) is 4.84. The molecule has 1 amide bonds. The van der Waals surface area contributed by atoms with Gasteiger partial charge in [0.05, 0.1) is 22.8 Å². The molecule has 0 aromatic heterocycles. The number of hydrogen-bond acceptors (Lipinski definition) is 4. The summed E-state index contributed by atoms with van der Waals surface area (Å²) in [5.41, 5.74) is 0.365. The number of methoxy groups -OCH3 is 1. The lowest BCUT2D eigenvalue weighted by Crippen LogP contribution is -2.30. The number of anilines is 1. The highest BCUT2D eigenvalue weighted by molar-refractivity contribution is 6.39. The number of carbonyl (C=O) groups excluding carboxylic acids is 2. The molecule has 132 valence electrons. The van der Waals surface area contributed by atoms with Gasteiger partial charge in [0.25, 0.3) is 5.91 Å². The summed E-state index contributed by atoms with van der Waals surface area (Å²) < 4.78 is 10.3. The zero-order chi connectivity index (χ0) is 18.6. The van der Waals surface area contributed by atoms with E-state index in [1.165, 1.54) is 26.2 Å². The molecule has 0 aliphatic carbocycles. The smallest absolute Gasteiger partial charge is 0.342 e. The lowest BCUT2D eigenvalue weighted by molar-refractivity contribution is -0.123. The van der Waals surface area contributed by atoms with E-state index in [1.807, 2.05) is 0 Å². The quantitative estimate of drug-likeness (QED) is 0.727. The Balaban J connectivity index is 2.11. The molecule has 0 saturated heterocycles. The van der Waals surface area contributed by atoms with Crippen LogP contribution in [0.4, 0.5) is 5.69 Å². The van der Waals surface area contributed by atoms with Gasteiger partial charge in [-0.25, -0.2) is 4.79 Å². The number of esters is 1. The second-order valence-electron chi connectivity index (χ2n) is 4.98. The third-order valence-corrected chi connectivity index (χ3v) is 4.11. The Labute approximate surface area is 159 Å². The highest BCUT2D eigenvalue weighted by atomic mass is 35.5. The van der Waals surface area contributed by atoms with Crippen molar-refractivity contribution < 1.29 is 19.1 Å². The Morgan fingerprint density at radius 2 is 1.72 bits per heavy atom. The molecule has 2 aromatic carbocycles. The van der Waals surface area contributed by atoms with Gasteiger partial charge in [-0.3, -0.25) is 4.79 Å². The molecule has 0 fully saturated rings. The van der Waals surface area contributed by atoms with Crippen LogP contribution in [0.15, 0.2) is 36.4 Å². The maximum absolute atomic E-state index is 12.3. The van der Waals surface area contributed by atoms with E-state index < -0.39 is 18.0 Å². The lowest BCUT2D eigenvalue weighted by Gasteiger charge is -2.16. The molecule has 0 aliphatic heterocycles. The van der Waals surface area contributed by atoms with Crippen molar-refractivity contribution in [2.24, 2.45) is 0 Å². The van der Waals surface area contributed by atoms with Gasteiger partial charge in [0.15, 0.2) is 6.10 Å². The van der Waals surface area contributed by atoms with E-state index in [4.69, 9.17) is 44.3 Å². The maximum atomic E-state index is 12.3. The van der Waals surface area contributed by atoms with Crippen molar-refractivity contribution >= 4 is 52.4 Å². The fourth-order valence-corrected chi connectivity index (χ4v) is 2.62. The third-order valence-electron chi connectivity index (χ3n) is 3.25. The second kappa shape index (κ2) is 8.43. The fourth-order valence-electron chi connectivity index (χ4n) is 1.96. The topological polar surface area (TPSA) is 64.6 Å². The molecule has 25 heavy (non-hydrogen) atoms. The van der Waals surface area contributed by atoms with Crippen LogP contribution in [0.2, 0.25) is 15.1 Å². The fraction of sp³-hybridized carbons (Fsp3) is 0.176. The van der Waals surface area contributed by atoms with Gasteiger partial charge in [0.1, 0.15) is 11.3 Å². The van der Waals surface area contributed by atoms with E-state index in [1.54, 1.807) is 24.3 Å². The van der Waals surface area contributed by atoms with E-state index in [-0.39, 0.29) is 27.0 Å². The van der Waals surface area contributed by atoms with E-state index in [0.29, 0.717) is 5.02 Å². The van der Waals surface area contributed by atoms with Crippen molar-refractivity contribution in [2.45, 2.75) is 13.0 Å². The minimum absolute atomic E-state index is 0.116. The minimum atomic E-state index is -1.09. The number of amides is 1. The molecule has 0 saturated carbocycles. The summed E-state index contributed by atoms with van der Waals surface area (Å²) >= 11 is 17.9. The highest BCUT2D eigenvalue weighted by Gasteiger charge is 2.23. The number of rotatable bonds is 5. The van der Waals surface area contributed by atoms with Gasteiger partial charge in [-0.2, -0.15) is 0 Å². The van der Waals surface area contributed by atoms with Crippen molar-refractivity contribution in [3.63, 3.8) is 0 Å². The first kappa shape index (κ1) is 19.4. The van der Waals surface area contributed by atoms with Crippen LogP contribution < -0.4 is 10.1 Å². The number of benzene rings is 2. The predicted molar refractivity (Wildman–Crippen MR) is 98.0 cm³/mol. The zero-order valence-electron chi connectivity index (χ0n) is 13.3. The number of ether oxygens (including phenoxy) is 2. The van der Waals surface area contributed by atoms with Crippen LogP contribution in [0.3, 0.4) is 0 Å². The zero-order valence-corrected chi connectivity index (χ0v) is 15.6. The average Bonchev–Trinajstić information content (AvgIpc) is 2.57. The molecular weight excluding hydrogens is 389 g/mol. The molecule has 0 heterocycles. The summed E-state index contributed by atoms with van der Waals surface area (Å²) in [5, 5.41) is 3.43. The molecule has 1 N–H and O–H groups in total. The molecule has 5 nitrogen and oxygen atoms in total. The average molecular weight is 403 g/mol. The van der Waals surface area contributed by atoms with Gasteiger partial charge in [-0.05, 0) is 37.3 Å². The van der Waals surface area contributed by atoms with Gasteiger partial charge in [0, 0.05) is 5.02 Å².